The van der Waals surface area contributed by atoms with E-state index in [4.69, 9.17) is 16.3 Å². The number of fused-ring (bicyclic) bond motifs is 4. The molecule has 206 valence electrons. The number of hydrogen-bond donors (Lipinski definition) is 3. The van der Waals surface area contributed by atoms with Crippen molar-refractivity contribution in [3.05, 3.63) is 60.3 Å². The second-order valence-corrected chi connectivity index (χ2v) is 10.4. The third-order valence-corrected chi connectivity index (χ3v) is 8.09. The summed E-state index contributed by atoms with van der Waals surface area (Å²) in [4.78, 5) is 18.1. The Labute approximate surface area is 240 Å². The Kier molecular flexibility index (Phi) is 10.5. The summed E-state index contributed by atoms with van der Waals surface area (Å²) < 4.78 is 5.87. The molecule has 6 atom stereocenters. The normalized spacial score (nSPS) is 23.6. The fourth-order valence-corrected chi connectivity index (χ4v) is 5.85. The molecule has 3 aliphatic rings. The molecule has 2 aromatic carbocycles. The molecule has 38 heavy (non-hydrogen) atoms. The molecule has 4 heterocycles. The number of nitrogens with one attached hydrogen (secondary N) is 2. The molecule has 2 bridgehead atoms. The number of aliphatic hydroxyl groups excluding tert-OH is 1. The molecular weight excluding hydrogens is 549 g/mol. The lowest BCUT2D eigenvalue weighted by atomic mass is 9.72. The number of pyridine rings is 1. The summed E-state index contributed by atoms with van der Waals surface area (Å²) in [5.74, 6) is 1.73. The average molecular weight is 583 g/mol. The smallest absolute Gasteiger partial charge is 0.245 e. The molecule has 0 spiro atoms. The van der Waals surface area contributed by atoms with E-state index in [9.17, 15) is 15.0 Å². The molecular formula is C28H34Cl3N3O4. The summed E-state index contributed by atoms with van der Waals surface area (Å²) >= 11 is 6.29. The Hall–Kier alpha value is -2.29. The minimum atomic E-state index is -0.904. The summed E-state index contributed by atoms with van der Waals surface area (Å²) in [6, 6.07) is 13.9. The van der Waals surface area contributed by atoms with Crippen LogP contribution < -0.4 is 27.4 Å². The van der Waals surface area contributed by atoms with Gasteiger partial charge in [0, 0.05) is 36.0 Å². The number of aromatic amines is 1. The number of phenolic OH excluding ortho intramolecular Hbond substituents is 1. The second-order valence-electron chi connectivity index (χ2n) is 9.91. The predicted octanol–water partition coefficient (Wildman–Crippen LogP) is 1.56. The van der Waals surface area contributed by atoms with Crippen molar-refractivity contribution in [2.45, 2.75) is 43.7 Å². The number of amides is 1. The number of aromatic nitrogens is 1. The van der Waals surface area contributed by atoms with Gasteiger partial charge in [-0.3, -0.25) is 9.69 Å². The van der Waals surface area contributed by atoms with E-state index in [1.807, 2.05) is 30.5 Å². The first kappa shape index (κ1) is 30.3. The first-order valence-corrected chi connectivity index (χ1v) is 13.1. The fourth-order valence-electron chi connectivity index (χ4n) is 5.74. The maximum atomic E-state index is 12.4. The van der Waals surface area contributed by atoms with Crippen molar-refractivity contribution >= 4 is 46.5 Å². The molecule has 6 rings (SSSR count). The highest BCUT2D eigenvalue weighted by molar-refractivity contribution is 6.32. The Morgan fingerprint density at radius 3 is 2.68 bits per heavy atom. The fraction of sp³-hybridized carbons (Fsp3) is 0.429. The topological polar surface area (TPSA) is 96.2 Å². The van der Waals surface area contributed by atoms with Crippen LogP contribution in [-0.2, 0) is 4.79 Å². The molecule has 1 aromatic heterocycles. The highest BCUT2D eigenvalue weighted by atomic mass is 35.5. The Morgan fingerprint density at radius 1 is 1.24 bits per heavy atom. The number of rotatable bonds is 8. The van der Waals surface area contributed by atoms with Gasteiger partial charge in [0.25, 0.3) is 0 Å². The van der Waals surface area contributed by atoms with Crippen molar-refractivity contribution in [1.29, 1.82) is 0 Å². The Bertz CT molecular complexity index is 1230. The maximum Gasteiger partial charge on any atom is 0.245 e. The van der Waals surface area contributed by atoms with Crippen LogP contribution in [0.5, 0.6) is 11.5 Å². The molecule has 3 fully saturated rings. The average Bonchev–Trinajstić information content (AvgIpc) is 2.92. The van der Waals surface area contributed by atoms with Crippen molar-refractivity contribution in [3.63, 3.8) is 0 Å². The van der Waals surface area contributed by atoms with Gasteiger partial charge < -0.3 is 32.7 Å². The number of phenols is 1. The number of aliphatic hydroxyl groups is 1. The minimum absolute atomic E-state index is 0. The number of nitrogens with zero attached hydrogens (tertiary/aromatic N) is 1. The monoisotopic (exact) mass is 581 g/mol. The summed E-state index contributed by atoms with van der Waals surface area (Å²) in [5, 5.41) is 23.6. The number of benzene rings is 2. The number of hydrogen-bond acceptors (Lipinski definition) is 5. The van der Waals surface area contributed by atoms with Gasteiger partial charge in [-0.05, 0) is 67.6 Å². The van der Waals surface area contributed by atoms with E-state index >= 15 is 0 Å². The zero-order valence-electron chi connectivity index (χ0n) is 21.1. The number of alkyl halides is 1. The summed E-state index contributed by atoms with van der Waals surface area (Å²) in [7, 11) is 0. The van der Waals surface area contributed by atoms with Crippen molar-refractivity contribution in [2.75, 3.05) is 25.0 Å². The number of carbonyl (C=O) groups excluding carboxylic acids is 1. The van der Waals surface area contributed by atoms with Gasteiger partial charge in [-0.2, -0.15) is 0 Å². The molecule has 0 radical (unpaired) electrons. The molecule has 3 aliphatic heterocycles. The highest BCUT2D eigenvalue weighted by Crippen LogP contribution is 2.42. The second kappa shape index (κ2) is 13.2. The van der Waals surface area contributed by atoms with Crippen LogP contribution in [-0.4, -0.2) is 52.1 Å². The zero-order chi connectivity index (χ0) is 25.2. The molecule has 0 saturated carbocycles. The van der Waals surface area contributed by atoms with Crippen LogP contribution in [0.4, 0.5) is 5.69 Å². The van der Waals surface area contributed by atoms with Crippen molar-refractivity contribution in [2.24, 2.45) is 11.8 Å². The number of piperidine rings is 3. The lowest BCUT2D eigenvalue weighted by Crippen LogP contribution is -3.00. The van der Waals surface area contributed by atoms with Crippen LogP contribution in [0.3, 0.4) is 0 Å². The number of anilines is 1. The summed E-state index contributed by atoms with van der Waals surface area (Å²) in [6.07, 6.45) is 4.73. The molecule has 7 nitrogen and oxygen atoms in total. The molecule has 4 N–H and O–H groups in total. The van der Waals surface area contributed by atoms with E-state index < -0.39 is 11.5 Å². The first-order valence-electron chi connectivity index (χ1n) is 12.7. The maximum absolute atomic E-state index is 12.4. The van der Waals surface area contributed by atoms with Gasteiger partial charge in [0.05, 0.1) is 11.5 Å². The largest absolute Gasteiger partial charge is 1.00 e. The van der Waals surface area contributed by atoms with Gasteiger partial charge in [0.2, 0.25) is 11.4 Å². The van der Waals surface area contributed by atoms with E-state index in [1.165, 1.54) is 25.0 Å². The van der Waals surface area contributed by atoms with Gasteiger partial charge >= 0.3 is 0 Å². The summed E-state index contributed by atoms with van der Waals surface area (Å²) in [6.45, 7) is 4.37. The van der Waals surface area contributed by atoms with Gasteiger partial charge in [0.15, 0.2) is 6.20 Å². The number of ether oxygens (including phenoxy) is 1. The Morgan fingerprint density at radius 2 is 2.00 bits per heavy atom. The lowest BCUT2D eigenvalue weighted by Gasteiger charge is -2.51. The van der Waals surface area contributed by atoms with E-state index in [2.05, 4.69) is 22.1 Å². The quantitative estimate of drug-likeness (QED) is 0.277. The first-order chi connectivity index (χ1) is 17.4. The molecule has 0 aliphatic carbocycles. The van der Waals surface area contributed by atoms with Crippen LogP contribution in [0.15, 0.2) is 54.7 Å². The Balaban J connectivity index is 0.00000200. The number of H-pyrrole nitrogens is 1. The van der Waals surface area contributed by atoms with E-state index in [0.717, 1.165) is 41.9 Å². The molecule has 3 saturated heterocycles. The van der Waals surface area contributed by atoms with Crippen LogP contribution in [0.2, 0.25) is 0 Å². The van der Waals surface area contributed by atoms with E-state index in [1.54, 1.807) is 12.1 Å². The van der Waals surface area contributed by atoms with Gasteiger partial charge in [0.1, 0.15) is 23.5 Å². The molecule has 4 unspecified atom stereocenters. The standard InChI is InChI=1S/C28H32ClN3O4.2ClH/c1-2-17-15-32-12-10-18(17)13-26(32)27(34)22-9-11-30-25-8-7-21(14-23(22)25)36-16-24(29)28(35)31-19-3-5-20(33)6-4-19;;/h3-9,11,14,17-18,24,26-27,33-34H,2,10,12-13,15-16H2,1H3,(H,31,35);2*1H/t17?,18?,24?,26-,27-;;/m1../s1. The molecule has 1 amide bonds. The predicted molar refractivity (Wildman–Crippen MR) is 146 cm³/mol. The van der Waals surface area contributed by atoms with Crippen molar-refractivity contribution in [3.8, 4) is 11.5 Å². The van der Waals surface area contributed by atoms with Gasteiger partial charge in [-0.25, -0.2) is 4.98 Å². The SMILES string of the molecule is CCC1CN2CCC1C[C@@H]2[C@H](O)c1cc[nH+]c2ccc(OCC(Cl)C(=O)Nc3ccc(O)cc3)cc12.Cl.[Cl-]. The summed E-state index contributed by atoms with van der Waals surface area (Å²) in [5.41, 5.74) is 2.34. The van der Waals surface area contributed by atoms with E-state index in [-0.39, 0.29) is 49.1 Å². The van der Waals surface area contributed by atoms with Crippen molar-refractivity contribution in [1.82, 2.24) is 4.90 Å². The zero-order valence-corrected chi connectivity index (χ0v) is 23.5. The number of halogens is 3. The lowest BCUT2D eigenvalue weighted by molar-refractivity contribution is -0.344. The van der Waals surface area contributed by atoms with Crippen LogP contribution in [0.1, 0.15) is 37.9 Å². The van der Waals surface area contributed by atoms with Gasteiger partial charge in [-0.15, -0.1) is 24.0 Å². The third kappa shape index (κ3) is 6.46. The van der Waals surface area contributed by atoms with Crippen LogP contribution in [0.25, 0.3) is 10.9 Å². The van der Waals surface area contributed by atoms with Crippen molar-refractivity contribution < 1.29 is 37.1 Å². The third-order valence-electron chi connectivity index (χ3n) is 7.76. The van der Waals surface area contributed by atoms with E-state index in [0.29, 0.717) is 17.4 Å². The number of aromatic hydroxyl groups is 1. The number of carbonyl (C=O) groups is 1. The van der Waals surface area contributed by atoms with Gasteiger partial charge in [-0.1, -0.05) is 13.3 Å². The molecule has 10 heteroatoms. The minimum Gasteiger partial charge on any atom is -1.00 e. The van der Waals surface area contributed by atoms with Crippen LogP contribution in [0, 0.1) is 11.8 Å². The highest BCUT2D eigenvalue weighted by Gasteiger charge is 2.42. The van der Waals surface area contributed by atoms with Crippen LogP contribution >= 0.6 is 24.0 Å². The molecule has 3 aromatic rings.